The summed E-state index contributed by atoms with van der Waals surface area (Å²) in [6.45, 7) is 5.90. The van der Waals surface area contributed by atoms with Crippen LogP contribution >= 0.6 is 27.5 Å². The van der Waals surface area contributed by atoms with Crippen molar-refractivity contribution in [3.8, 4) is 0 Å². The number of benzene rings is 1. The normalized spacial score (nSPS) is 11.1. The zero-order chi connectivity index (χ0) is 14.2. The maximum atomic E-state index is 12.6. The van der Waals surface area contributed by atoms with Crippen LogP contribution in [0.15, 0.2) is 28.9 Å². The molecule has 0 aliphatic rings. The van der Waals surface area contributed by atoms with Crippen LogP contribution in [0.1, 0.15) is 41.5 Å². The third kappa shape index (κ3) is 2.74. The summed E-state index contributed by atoms with van der Waals surface area (Å²) in [6, 6.07) is 5.60. The molecule has 1 heterocycles. The van der Waals surface area contributed by atoms with Gasteiger partial charge in [0.05, 0.1) is 11.2 Å². The predicted molar refractivity (Wildman–Crippen MR) is 79.9 cm³/mol. The minimum atomic E-state index is -0.114. The lowest BCUT2D eigenvalue weighted by atomic mass is 10.1. The Morgan fingerprint density at radius 3 is 2.68 bits per heavy atom. The molecule has 0 radical (unpaired) electrons. The van der Waals surface area contributed by atoms with Gasteiger partial charge in [0.15, 0.2) is 0 Å². The topological polar surface area (TPSA) is 34.9 Å². The molecule has 0 saturated carbocycles. The van der Waals surface area contributed by atoms with Gasteiger partial charge in [-0.2, -0.15) is 5.10 Å². The summed E-state index contributed by atoms with van der Waals surface area (Å²) in [5.74, 6) is -0.114. The second-order valence-corrected chi connectivity index (χ2v) is 5.93. The molecule has 5 heteroatoms. The first-order valence-corrected chi connectivity index (χ1v) is 7.12. The quantitative estimate of drug-likeness (QED) is 0.775. The lowest BCUT2D eigenvalue weighted by Crippen LogP contribution is -2.14. The summed E-state index contributed by atoms with van der Waals surface area (Å²) >= 11 is 9.52. The average Bonchev–Trinajstić information content (AvgIpc) is 2.74. The summed E-state index contributed by atoms with van der Waals surface area (Å²) in [5, 5.41) is 4.54. The lowest BCUT2D eigenvalue weighted by Gasteiger charge is -2.11. The SMILES string of the molecule is Cc1ccc(C(=O)c2c(Cl)cnn2C(C)C)cc1Br. The van der Waals surface area contributed by atoms with Crippen LogP contribution in [0, 0.1) is 6.92 Å². The van der Waals surface area contributed by atoms with E-state index in [9.17, 15) is 4.79 Å². The van der Waals surface area contributed by atoms with E-state index in [2.05, 4.69) is 21.0 Å². The standard InChI is InChI=1S/C14H14BrClN2O/c1-8(2)18-13(12(16)7-17-18)14(19)10-5-4-9(3)11(15)6-10/h4-8H,1-3H3. The Balaban J connectivity index is 2.49. The molecule has 1 aromatic heterocycles. The largest absolute Gasteiger partial charge is 0.287 e. The monoisotopic (exact) mass is 340 g/mol. The molecule has 0 saturated heterocycles. The Kier molecular flexibility index (Phi) is 4.11. The zero-order valence-corrected chi connectivity index (χ0v) is 13.3. The third-order valence-corrected chi connectivity index (χ3v) is 4.02. The summed E-state index contributed by atoms with van der Waals surface area (Å²) in [6.07, 6.45) is 1.51. The van der Waals surface area contributed by atoms with Gasteiger partial charge in [0.1, 0.15) is 5.69 Å². The first-order valence-electron chi connectivity index (χ1n) is 5.95. The van der Waals surface area contributed by atoms with Gasteiger partial charge in [0.2, 0.25) is 5.78 Å². The number of aromatic nitrogens is 2. The van der Waals surface area contributed by atoms with E-state index >= 15 is 0 Å². The van der Waals surface area contributed by atoms with Gasteiger partial charge in [-0.15, -0.1) is 0 Å². The van der Waals surface area contributed by atoms with Crippen molar-refractivity contribution in [2.45, 2.75) is 26.8 Å². The molecule has 0 aliphatic carbocycles. The van der Waals surface area contributed by atoms with Crippen LogP contribution in [0.5, 0.6) is 0 Å². The second kappa shape index (κ2) is 5.47. The van der Waals surface area contributed by atoms with Gasteiger partial charge in [0.25, 0.3) is 0 Å². The van der Waals surface area contributed by atoms with Gasteiger partial charge < -0.3 is 0 Å². The highest BCUT2D eigenvalue weighted by molar-refractivity contribution is 9.10. The van der Waals surface area contributed by atoms with Crippen LogP contribution in [0.2, 0.25) is 5.02 Å². The van der Waals surface area contributed by atoms with E-state index in [1.165, 1.54) is 6.20 Å². The summed E-state index contributed by atoms with van der Waals surface area (Å²) in [5.41, 5.74) is 2.12. The van der Waals surface area contributed by atoms with Gasteiger partial charge >= 0.3 is 0 Å². The van der Waals surface area contributed by atoms with Crippen molar-refractivity contribution in [2.75, 3.05) is 0 Å². The molecule has 3 nitrogen and oxygen atoms in total. The number of halogens is 2. The molecule has 0 bridgehead atoms. The molecule has 1 aromatic carbocycles. The third-order valence-electron chi connectivity index (χ3n) is 2.89. The Morgan fingerprint density at radius 2 is 2.11 bits per heavy atom. The van der Waals surface area contributed by atoms with Crippen LogP contribution in [0.3, 0.4) is 0 Å². The van der Waals surface area contributed by atoms with E-state index < -0.39 is 0 Å². The van der Waals surface area contributed by atoms with Crippen molar-refractivity contribution in [3.63, 3.8) is 0 Å². The molecule has 2 rings (SSSR count). The highest BCUT2D eigenvalue weighted by Gasteiger charge is 2.20. The number of rotatable bonds is 3. The molecule has 0 aliphatic heterocycles. The highest BCUT2D eigenvalue weighted by atomic mass is 79.9. The van der Waals surface area contributed by atoms with E-state index in [1.807, 2.05) is 32.9 Å². The first-order chi connectivity index (χ1) is 8.91. The fourth-order valence-corrected chi connectivity index (χ4v) is 2.41. The number of carbonyl (C=O) groups excluding carboxylic acids is 1. The minimum absolute atomic E-state index is 0.0836. The predicted octanol–water partition coefficient (Wildman–Crippen LogP) is 4.42. The average molecular weight is 342 g/mol. The zero-order valence-electron chi connectivity index (χ0n) is 10.9. The summed E-state index contributed by atoms with van der Waals surface area (Å²) in [7, 11) is 0. The van der Waals surface area contributed by atoms with Gasteiger partial charge in [-0.3, -0.25) is 9.48 Å². The Hall–Kier alpha value is -1.13. The van der Waals surface area contributed by atoms with E-state index in [4.69, 9.17) is 11.6 Å². The van der Waals surface area contributed by atoms with Crippen molar-refractivity contribution in [1.82, 2.24) is 9.78 Å². The lowest BCUT2D eigenvalue weighted by molar-refractivity contribution is 0.102. The molecule has 0 fully saturated rings. The summed E-state index contributed by atoms with van der Waals surface area (Å²) in [4.78, 5) is 12.6. The maximum absolute atomic E-state index is 12.6. The van der Waals surface area contributed by atoms with E-state index in [0.29, 0.717) is 16.3 Å². The molecule has 100 valence electrons. The van der Waals surface area contributed by atoms with Crippen LogP contribution in [-0.2, 0) is 0 Å². The molecule has 0 spiro atoms. The molecule has 0 unspecified atom stereocenters. The van der Waals surface area contributed by atoms with E-state index in [0.717, 1.165) is 10.0 Å². The van der Waals surface area contributed by atoms with Crippen LogP contribution in [0.4, 0.5) is 0 Å². The number of hydrogen-bond donors (Lipinski definition) is 0. The van der Waals surface area contributed by atoms with Gasteiger partial charge in [-0.1, -0.05) is 39.7 Å². The van der Waals surface area contributed by atoms with Crippen molar-refractivity contribution < 1.29 is 4.79 Å². The van der Waals surface area contributed by atoms with Gasteiger partial charge in [-0.05, 0) is 32.4 Å². The van der Waals surface area contributed by atoms with Gasteiger partial charge in [0, 0.05) is 16.1 Å². The fourth-order valence-electron chi connectivity index (χ4n) is 1.82. The molecule has 2 aromatic rings. The molecule has 0 N–H and O–H groups in total. The number of carbonyl (C=O) groups is 1. The smallest absolute Gasteiger partial charge is 0.212 e. The van der Waals surface area contributed by atoms with Gasteiger partial charge in [-0.25, -0.2) is 0 Å². The van der Waals surface area contributed by atoms with Crippen molar-refractivity contribution in [2.24, 2.45) is 0 Å². The van der Waals surface area contributed by atoms with Crippen molar-refractivity contribution >= 4 is 33.3 Å². The van der Waals surface area contributed by atoms with Crippen molar-refractivity contribution in [3.05, 3.63) is 50.7 Å². The van der Waals surface area contributed by atoms with E-state index in [-0.39, 0.29) is 11.8 Å². The number of hydrogen-bond acceptors (Lipinski definition) is 2. The molecular weight excluding hydrogens is 328 g/mol. The fraction of sp³-hybridized carbons (Fsp3) is 0.286. The molecule has 0 amide bonds. The van der Waals surface area contributed by atoms with Crippen LogP contribution in [0.25, 0.3) is 0 Å². The number of nitrogens with zero attached hydrogens (tertiary/aromatic N) is 2. The minimum Gasteiger partial charge on any atom is -0.287 e. The number of aryl methyl sites for hydroxylation is 1. The summed E-state index contributed by atoms with van der Waals surface area (Å²) < 4.78 is 2.56. The second-order valence-electron chi connectivity index (χ2n) is 4.67. The van der Waals surface area contributed by atoms with Crippen molar-refractivity contribution in [1.29, 1.82) is 0 Å². The molecule has 0 atom stereocenters. The number of ketones is 1. The molecule has 19 heavy (non-hydrogen) atoms. The maximum Gasteiger partial charge on any atom is 0.212 e. The van der Waals surface area contributed by atoms with Crippen LogP contribution < -0.4 is 0 Å². The Morgan fingerprint density at radius 1 is 1.42 bits per heavy atom. The first kappa shape index (κ1) is 14.3. The Bertz CT molecular complexity index is 634. The van der Waals surface area contributed by atoms with Crippen LogP contribution in [-0.4, -0.2) is 15.6 Å². The Labute approximate surface area is 125 Å². The van der Waals surface area contributed by atoms with E-state index in [1.54, 1.807) is 10.7 Å². The highest BCUT2D eigenvalue weighted by Crippen LogP contribution is 2.24. The molecular formula is C14H14BrClN2O.